The van der Waals surface area contributed by atoms with Crippen LogP contribution in [-0.2, 0) is 9.59 Å². The van der Waals surface area contributed by atoms with Crippen molar-refractivity contribution in [3.8, 4) is 0 Å². The van der Waals surface area contributed by atoms with Crippen molar-refractivity contribution in [1.82, 2.24) is 5.32 Å². The predicted octanol–water partition coefficient (Wildman–Crippen LogP) is 0.0503. The van der Waals surface area contributed by atoms with E-state index in [-0.39, 0.29) is 25.4 Å². The third kappa shape index (κ3) is 5.31. The molecule has 0 radical (unpaired) electrons. The SMILES string of the molecule is O=C(CNc1ccccc1)NCCC(O)C(=O)O. The van der Waals surface area contributed by atoms with Crippen molar-refractivity contribution in [3.63, 3.8) is 0 Å². The highest BCUT2D eigenvalue weighted by atomic mass is 16.4. The highest BCUT2D eigenvalue weighted by molar-refractivity contribution is 5.80. The van der Waals surface area contributed by atoms with Gasteiger partial charge in [-0.2, -0.15) is 0 Å². The van der Waals surface area contributed by atoms with Crippen LogP contribution in [0.3, 0.4) is 0 Å². The molecule has 0 heterocycles. The summed E-state index contributed by atoms with van der Waals surface area (Å²) in [6.45, 7) is 0.232. The molecular formula is C12H16N2O4. The second-order valence-corrected chi connectivity index (χ2v) is 3.71. The molecule has 1 aromatic carbocycles. The second-order valence-electron chi connectivity index (χ2n) is 3.71. The Balaban J connectivity index is 2.17. The Labute approximate surface area is 105 Å². The van der Waals surface area contributed by atoms with Gasteiger partial charge in [0.1, 0.15) is 0 Å². The zero-order valence-corrected chi connectivity index (χ0v) is 9.80. The number of para-hydroxylation sites is 1. The molecule has 0 aliphatic carbocycles. The predicted molar refractivity (Wildman–Crippen MR) is 66.2 cm³/mol. The van der Waals surface area contributed by atoms with E-state index in [4.69, 9.17) is 10.2 Å². The molecule has 0 aliphatic rings. The number of carbonyl (C=O) groups is 2. The molecular weight excluding hydrogens is 236 g/mol. The Kier molecular flexibility index (Phi) is 5.66. The number of hydrogen-bond acceptors (Lipinski definition) is 4. The Hall–Kier alpha value is -2.08. The highest BCUT2D eigenvalue weighted by Crippen LogP contribution is 2.03. The van der Waals surface area contributed by atoms with E-state index < -0.39 is 12.1 Å². The van der Waals surface area contributed by atoms with Crippen LogP contribution in [0.15, 0.2) is 30.3 Å². The number of nitrogens with one attached hydrogen (secondary N) is 2. The van der Waals surface area contributed by atoms with Gasteiger partial charge in [0, 0.05) is 18.7 Å². The monoisotopic (exact) mass is 252 g/mol. The quantitative estimate of drug-likeness (QED) is 0.549. The van der Waals surface area contributed by atoms with Gasteiger partial charge in [-0.15, -0.1) is 0 Å². The molecule has 0 saturated carbocycles. The minimum Gasteiger partial charge on any atom is -0.479 e. The van der Waals surface area contributed by atoms with Crippen molar-refractivity contribution < 1.29 is 19.8 Å². The van der Waals surface area contributed by atoms with Crippen molar-refractivity contribution in [2.24, 2.45) is 0 Å². The van der Waals surface area contributed by atoms with Crippen molar-refractivity contribution in [2.75, 3.05) is 18.4 Å². The van der Waals surface area contributed by atoms with Gasteiger partial charge in [0.15, 0.2) is 6.10 Å². The number of carbonyl (C=O) groups excluding carboxylic acids is 1. The van der Waals surface area contributed by atoms with Crippen LogP contribution in [0.25, 0.3) is 0 Å². The molecule has 6 heteroatoms. The average Bonchev–Trinajstić information content (AvgIpc) is 2.37. The lowest BCUT2D eigenvalue weighted by Crippen LogP contribution is -2.33. The van der Waals surface area contributed by atoms with Gasteiger partial charge in [-0.1, -0.05) is 18.2 Å². The minimum atomic E-state index is -1.44. The molecule has 1 amide bonds. The number of carboxylic acid groups (broad SMARTS) is 1. The first kappa shape index (κ1) is 14.0. The number of hydrogen-bond donors (Lipinski definition) is 4. The second kappa shape index (κ2) is 7.29. The van der Waals surface area contributed by atoms with E-state index in [0.29, 0.717) is 0 Å². The zero-order valence-electron chi connectivity index (χ0n) is 9.80. The van der Waals surface area contributed by atoms with Crippen LogP contribution in [0.5, 0.6) is 0 Å². The molecule has 0 spiro atoms. The summed E-state index contributed by atoms with van der Waals surface area (Å²) < 4.78 is 0. The summed E-state index contributed by atoms with van der Waals surface area (Å²) in [4.78, 5) is 21.7. The fourth-order valence-electron chi connectivity index (χ4n) is 1.27. The lowest BCUT2D eigenvalue weighted by Gasteiger charge is -2.08. The van der Waals surface area contributed by atoms with Gasteiger partial charge in [-0.05, 0) is 12.1 Å². The standard InChI is InChI=1S/C12H16N2O4/c15-10(12(17)18)6-7-13-11(16)8-14-9-4-2-1-3-5-9/h1-5,10,14-15H,6-8H2,(H,13,16)(H,17,18). The van der Waals surface area contributed by atoms with E-state index in [0.717, 1.165) is 5.69 Å². The summed E-state index contributed by atoms with van der Waals surface area (Å²) in [6.07, 6.45) is -1.45. The van der Waals surface area contributed by atoms with Gasteiger partial charge < -0.3 is 20.8 Å². The first-order chi connectivity index (χ1) is 8.59. The van der Waals surface area contributed by atoms with E-state index in [9.17, 15) is 9.59 Å². The Bertz CT molecular complexity index is 394. The fourth-order valence-corrected chi connectivity index (χ4v) is 1.27. The van der Waals surface area contributed by atoms with Crippen LogP contribution in [0.1, 0.15) is 6.42 Å². The normalized spacial score (nSPS) is 11.6. The lowest BCUT2D eigenvalue weighted by molar-refractivity contribution is -0.147. The largest absolute Gasteiger partial charge is 0.479 e. The summed E-state index contributed by atoms with van der Waals surface area (Å²) in [5.41, 5.74) is 0.832. The van der Waals surface area contributed by atoms with Crippen LogP contribution >= 0.6 is 0 Å². The molecule has 4 N–H and O–H groups in total. The van der Waals surface area contributed by atoms with Crippen LogP contribution in [0.4, 0.5) is 5.69 Å². The first-order valence-corrected chi connectivity index (χ1v) is 5.56. The lowest BCUT2D eigenvalue weighted by atomic mass is 10.2. The van der Waals surface area contributed by atoms with E-state index >= 15 is 0 Å². The van der Waals surface area contributed by atoms with Crippen molar-refractivity contribution >= 4 is 17.6 Å². The van der Waals surface area contributed by atoms with Gasteiger partial charge in [0.05, 0.1) is 6.54 Å². The minimum absolute atomic E-state index is 0.00753. The Morgan fingerprint density at radius 2 is 1.89 bits per heavy atom. The van der Waals surface area contributed by atoms with E-state index in [1.54, 1.807) is 0 Å². The van der Waals surface area contributed by atoms with Crippen LogP contribution in [0, 0.1) is 0 Å². The molecule has 1 atom stereocenters. The molecule has 0 fully saturated rings. The van der Waals surface area contributed by atoms with Crippen molar-refractivity contribution in [3.05, 3.63) is 30.3 Å². The Morgan fingerprint density at radius 1 is 1.22 bits per heavy atom. The number of rotatable bonds is 7. The molecule has 1 rings (SSSR count). The summed E-state index contributed by atoms with van der Waals surface area (Å²) in [6, 6.07) is 9.24. The number of anilines is 1. The van der Waals surface area contributed by atoms with Crippen LogP contribution < -0.4 is 10.6 Å². The molecule has 0 bridgehead atoms. The summed E-state index contributed by atoms with van der Waals surface area (Å²) in [5.74, 6) is -1.54. The Morgan fingerprint density at radius 3 is 2.50 bits per heavy atom. The van der Waals surface area contributed by atoms with E-state index in [1.807, 2.05) is 30.3 Å². The fraction of sp³-hybridized carbons (Fsp3) is 0.333. The van der Waals surface area contributed by atoms with E-state index in [2.05, 4.69) is 10.6 Å². The van der Waals surface area contributed by atoms with E-state index in [1.165, 1.54) is 0 Å². The first-order valence-electron chi connectivity index (χ1n) is 5.56. The van der Waals surface area contributed by atoms with Crippen molar-refractivity contribution in [1.29, 1.82) is 0 Å². The average molecular weight is 252 g/mol. The molecule has 1 aromatic rings. The number of aliphatic hydroxyl groups is 1. The molecule has 98 valence electrons. The maximum atomic E-state index is 11.4. The van der Waals surface area contributed by atoms with Gasteiger partial charge in [0.25, 0.3) is 0 Å². The highest BCUT2D eigenvalue weighted by Gasteiger charge is 2.12. The maximum absolute atomic E-state index is 11.4. The molecule has 0 aliphatic heterocycles. The third-order valence-electron chi connectivity index (χ3n) is 2.25. The smallest absolute Gasteiger partial charge is 0.332 e. The van der Waals surface area contributed by atoms with Gasteiger partial charge in [-0.3, -0.25) is 4.79 Å². The zero-order chi connectivity index (χ0) is 13.4. The van der Waals surface area contributed by atoms with Gasteiger partial charge >= 0.3 is 5.97 Å². The number of benzene rings is 1. The molecule has 1 unspecified atom stereocenters. The number of aliphatic hydroxyl groups excluding tert-OH is 1. The number of amides is 1. The summed E-state index contributed by atoms with van der Waals surface area (Å²) in [5, 5.41) is 22.8. The van der Waals surface area contributed by atoms with Gasteiger partial charge in [0.2, 0.25) is 5.91 Å². The summed E-state index contributed by atoms with van der Waals surface area (Å²) in [7, 11) is 0. The molecule has 6 nitrogen and oxygen atoms in total. The maximum Gasteiger partial charge on any atom is 0.332 e. The molecule has 0 aromatic heterocycles. The number of aliphatic carboxylic acids is 1. The summed E-state index contributed by atoms with van der Waals surface area (Å²) >= 11 is 0. The number of carboxylic acids is 1. The molecule has 0 saturated heterocycles. The van der Waals surface area contributed by atoms with Crippen LogP contribution in [0.2, 0.25) is 0 Å². The topological polar surface area (TPSA) is 98.7 Å². The van der Waals surface area contributed by atoms with Gasteiger partial charge in [-0.25, -0.2) is 4.79 Å². The van der Waals surface area contributed by atoms with Crippen molar-refractivity contribution in [2.45, 2.75) is 12.5 Å². The third-order valence-corrected chi connectivity index (χ3v) is 2.25. The molecule has 18 heavy (non-hydrogen) atoms. The van der Waals surface area contributed by atoms with Crippen LogP contribution in [-0.4, -0.2) is 41.3 Å².